The largest absolute Gasteiger partial charge is 0.416 e. The van der Waals surface area contributed by atoms with Crippen molar-refractivity contribution in [2.24, 2.45) is 0 Å². The number of aromatic nitrogens is 1. The predicted octanol–water partition coefficient (Wildman–Crippen LogP) is 4.87. The highest BCUT2D eigenvalue weighted by atomic mass is 19.4. The summed E-state index contributed by atoms with van der Waals surface area (Å²) in [5, 5.41) is 21.3. The van der Waals surface area contributed by atoms with Crippen LogP contribution in [0.5, 0.6) is 0 Å². The second kappa shape index (κ2) is 8.70. The number of aliphatic hydroxyl groups excluding tert-OH is 1. The van der Waals surface area contributed by atoms with Gasteiger partial charge in [-0.25, -0.2) is 0 Å². The van der Waals surface area contributed by atoms with Crippen LogP contribution in [0.15, 0.2) is 54.6 Å². The van der Waals surface area contributed by atoms with Crippen molar-refractivity contribution in [3.63, 3.8) is 0 Å². The van der Waals surface area contributed by atoms with Crippen LogP contribution >= 0.6 is 0 Å². The lowest BCUT2D eigenvalue weighted by atomic mass is 10.0. The second-order valence-corrected chi connectivity index (χ2v) is 7.84. The van der Waals surface area contributed by atoms with Gasteiger partial charge in [0.15, 0.2) is 0 Å². The number of alkyl halides is 3. The van der Waals surface area contributed by atoms with Crippen LogP contribution in [0.4, 0.5) is 18.9 Å². The zero-order valence-electron chi connectivity index (χ0n) is 17.3. The number of carbonyl (C=O) groups excluding carboxylic acids is 1. The molecule has 2 aromatic carbocycles. The van der Waals surface area contributed by atoms with E-state index in [4.69, 9.17) is 0 Å². The minimum Gasteiger partial charge on any atom is -0.393 e. The Bertz CT molecular complexity index is 1180. The predicted molar refractivity (Wildman–Crippen MR) is 114 cm³/mol. The fraction of sp³-hybridized carbons (Fsp3) is 0.261. The van der Waals surface area contributed by atoms with Gasteiger partial charge in [0.05, 0.1) is 33.4 Å². The smallest absolute Gasteiger partial charge is 0.393 e. The molecule has 1 aliphatic rings. The normalized spacial score (nSPS) is 15.0. The van der Waals surface area contributed by atoms with Crippen LogP contribution in [0.1, 0.15) is 28.8 Å². The molecular weight excluding hydrogens is 439 g/mol. The molecular formula is C23H20F3N3O4. The Morgan fingerprint density at radius 2 is 1.73 bits per heavy atom. The average molecular weight is 459 g/mol. The van der Waals surface area contributed by atoms with Gasteiger partial charge >= 0.3 is 6.18 Å². The van der Waals surface area contributed by atoms with E-state index in [2.05, 4.69) is 4.98 Å². The summed E-state index contributed by atoms with van der Waals surface area (Å²) in [6, 6.07) is 11.9. The fourth-order valence-corrected chi connectivity index (χ4v) is 3.91. The van der Waals surface area contributed by atoms with E-state index in [9.17, 15) is 33.2 Å². The molecule has 0 unspecified atom stereocenters. The van der Waals surface area contributed by atoms with Gasteiger partial charge < -0.3 is 15.0 Å². The van der Waals surface area contributed by atoms with Crippen molar-refractivity contribution in [1.82, 2.24) is 9.88 Å². The molecule has 1 aromatic heterocycles. The van der Waals surface area contributed by atoms with E-state index >= 15 is 0 Å². The first kappa shape index (κ1) is 22.5. The van der Waals surface area contributed by atoms with Gasteiger partial charge in [-0.05, 0) is 42.7 Å². The zero-order valence-corrected chi connectivity index (χ0v) is 17.3. The van der Waals surface area contributed by atoms with E-state index in [1.807, 2.05) is 0 Å². The number of hydrogen-bond acceptors (Lipinski definition) is 4. The van der Waals surface area contributed by atoms with Gasteiger partial charge in [-0.1, -0.05) is 24.3 Å². The third kappa shape index (κ3) is 4.61. The maximum Gasteiger partial charge on any atom is 0.416 e. The van der Waals surface area contributed by atoms with Crippen molar-refractivity contribution >= 4 is 11.6 Å². The Labute approximate surface area is 186 Å². The molecule has 4 rings (SSSR count). The summed E-state index contributed by atoms with van der Waals surface area (Å²) in [5.41, 5.74) is 0.333. The van der Waals surface area contributed by atoms with Crippen LogP contribution in [0.25, 0.3) is 22.5 Å². The average Bonchev–Trinajstić information content (AvgIpc) is 3.24. The summed E-state index contributed by atoms with van der Waals surface area (Å²) in [7, 11) is 0. The fourth-order valence-electron chi connectivity index (χ4n) is 3.91. The quantitative estimate of drug-likeness (QED) is 0.429. The summed E-state index contributed by atoms with van der Waals surface area (Å²) in [6.45, 7) is 0.661. The Balaban J connectivity index is 1.80. The van der Waals surface area contributed by atoms with Crippen molar-refractivity contribution in [3.05, 3.63) is 75.8 Å². The number of nitro groups is 1. The number of aromatic amines is 1. The number of amides is 1. The van der Waals surface area contributed by atoms with Crippen LogP contribution in [0.3, 0.4) is 0 Å². The molecule has 1 fully saturated rings. The number of carbonyl (C=O) groups is 1. The molecule has 0 spiro atoms. The van der Waals surface area contributed by atoms with E-state index in [-0.39, 0.29) is 28.4 Å². The van der Waals surface area contributed by atoms with Crippen molar-refractivity contribution in [1.29, 1.82) is 0 Å². The standard InChI is InChI=1S/C23H20F3N3O4/c24-23(25,26)15-7-5-14(6-8-15)19-13-18(22(31)28-11-9-16(30)10-12-28)21(27-19)17-3-1-2-4-20(17)29(32)33/h1-8,13,16,27,30H,9-12H2. The highest BCUT2D eigenvalue weighted by Crippen LogP contribution is 2.36. The van der Waals surface area contributed by atoms with E-state index < -0.39 is 22.8 Å². The monoisotopic (exact) mass is 459 g/mol. The number of benzene rings is 2. The van der Waals surface area contributed by atoms with Gasteiger partial charge in [0.2, 0.25) is 0 Å². The molecule has 0 aliphatic carbocycles. The van der Waals surface area contributed by atoms with Crippen molar-refractivity contribution in [2.45, 2.75) is 25.1 Å². The molecule has 0 atom stereocenters. The van der Waals surface area contributed by atoms with Crippen molar-refractivity contribution in [3.8, 4) is 22.5 Å². The SMILES string of the molecule is O=C(c1cc(-c2ccc(C(F)(F)F)cc2)[nH]c1-c1ccccc1[N+](=O)[O-])N1CCC(O)CC1. The Morgan fingerprint density at radius 3 is 2.33 bits per heavy atom. The Morgan fingerprint density at radius 1 is 1.09 bits per heavy atom. The minimum atomic E-state index is -4.48. The number of piperidine rings is 1. The molecule has 3 aromatic rings. The molecule has 0 saturated carbocycles. The third-order valence-corrected chi connectivity index (χ3v) is 5.69. The van der Waals surface area contributed by atoms with E-state index in [1.165, 1.54) is 36.4 Å². The minimum absolute atomic E-state index is 0.176. The summed E-state index contributed by atoms with van der Waals surface area (Å²) in [6.07, 6.45) is -4.13. The van der Waals surface area contributed by atoms with Gasteiger partial charge in [0, 0.05) is 24.8 Å². The van der Waals surface area contributed by atoms with E-state index in [0.717, 1.165) is 12.1 Å². The summed E-state index contributed by atoms with van der Waals surface area (Å²) in [4.78, 5) is 28.9. The number of halogens is 3. The van der Waals surface area contributed by atoms with Crippen LogP contribution in [-0.2, 0) is 6.18 Å². The first-order valence-corrected chi connectivity index (χ1v) is 10.3. The van der Waals surface area contributed by atoms with Crippen molar-refractivity contribution in [2.75, 3.05) is 13.1 Å². The zero-order chi connectivity index (χ0) is 23.8. The number of nitrogens with one attached hydrogen (secondary N) is 1. The highest BCUT2D eigenvalue weighted by Gasteiger charge is 2.31. The topological polar surface area (TPSA) is 99.5 Å². The van der Waals surface area contributed by atoms with E-state index in [0.29, 0.717) is 37.2 Å². The van der Waals surface area contributed by atoms with E-state index in [1.54, 1.807) is 11.0 Å². The molecule has 0 bridgehead atoms. The number of hydrogen-bond donors (Lipinski definition) is 2. The number of para-hydroxylation sites is 1. The van der Waals surface area contributed by atoms with Crippen LogP contribution < -0.4 is 0 Å². The molecule has 1 aliphatic heterocycles. The third-order valence-electron chi connectivity index (χ3n) is 5.69. The maximum atomic E-state index is 13.3. The summed E-state index contributed by atoms with van der Waals surface area (Å²) < 4.78 is 38.8. The Hall–Kier alpha value is -3.66. The highest BCUT2D eigenvalue weighted by molar-refractivity contribution is 6.02. The number of rotatable bonds is 4. The van der Waals surface area contributed by atoms with Gasteiger partial charge in [-0.3, -0.25) is 14.9 Å². The second-order valence-electron chi connectivity index (χ2n) is 7.84. The van der Waals surface area contributed by atoms with Gasteiger partial charge in [0.25, 0.3) is 11.6 Å². The first-order valence-electron chi connectivity index (χ1n) is 10.3. The number of H-pyrrole nitrogens is 1. The van der Waals surface area contributed by atoms with Gasteiger partial charge in [0.1, 0.15) is 0 Å². The van der Waals surface area contributed by atoms with Crippen LogP contribution in [0, 0.1) is 10.1 Å². The molecule has 172 valence electrons. The first-order chi connectivity index (χ1) is 15.6. The van der Waals surface area contributed by atoms with Crippen LogP contribution in [0.2, 0.25) is 0 Å². The maximum absolute atomic E-state index is 13.3. The Kier molecular flexibility index (Phi) is 5.94. The lowest BCUT2D eigenvalue weighted by Crippen LogP contribution is -2.40. The number of likely N-dealkylation sites (tertiary alicyclic amines) is 1. The summed E-state index contributed by atoms with van der Waals surface area (Å²) in [5.74, 6) is -0.371. The van der Waals surface area contributed by atoms with Gasteiger partial charge in [-0.2, -0.15) is 13.2 Å². The molecule has 7 nitrogen and oxygen atoms in total. The molecule has 2 N–H and O–H groups in total. The van der Waals surface area contributed by atoms with Crippen LogP contribution in [-0.4, -0.2) is 45.0 Å². The molecule has 2 heterocycles. The molecule has 1 saturated heterocycles. The van der Waals surface area contributed by atoms with Gasteiger partial charge in [-0.15, -0.1) is 0 Å². The number of nitro benzene ring substituents is 1. The molecule has 0 radical (unpaired) electrons. The summed E-state index contributed by atoms with van der Waals surface area (Å²) >= 11 is 0. The molecule has 10 heteroatoms. The lowest BCUT2D eigenvalue weighted by Gasteiger charge is -2.29. The lowest BCUT2D eigenvalue weighted by molar-refractivity contribution is -0.384. The number of nitrogens with zero attached hydrogens (tertiary/aromatic N) is 2. The molecule has 1 amide bonds. The number of aliphatic hydroxyl groups is 1. The van der Waals surface area contributed by atoms with Crippen molar-refractivity contribution < 1.29 is 28.0 Å². The molecule has 33 heavy (non-hydrogen) atoms.